The molecule has 0 radical (unpaired) electrons. The van der Waals surface area contributed by atoms with Crippen LogP contribution in [0.15, 0.2) is 28.9 Å². The maximum Gasteiger partial charge on any atom is 0.206 e. The summed E-state index contributed by atoms with van der Waals surface area (Å²) in [5, 5.41) is 13.3. The SMILES string of the molecule is CCOC[S+]([O-])CSc1nc(-c2nccs2)cc(-c2cnc(C)n2C)c1C#N. The Kier molecular flexibility index (Phi) is 7.09. The average Bonchev–Trinajstić information content (AvgIpc) is 3.35. The van der Waals surface area contributed by atoms with Crippen LogP contribution in [-0.4, -0.2) is 41.7 Å². The number of nitriles is 1. The second-order valence-corrected chi connectivity index (χ2v) is 9.37. The lowest BCUT2D eigenvalue weighted by Gasteiger charge is -2.13. The zero-order chi connectivity index (χ0) is 20.1. The first-order chi connectivity index (χ1) is 13.5. The van der Waals surface area contributed by atoms with Gasteiger partial charge in [0, 0.05) is 30.8 Å². The van der Waals surface area contributed by atoms with Gasteiger partial charge in [-0.1, -0.05) is 11.8 Å². The number of aromatic nitrogens is 4. The first-order valence-electron chi connectivity index (χ1n) is 8.44. The maximum atomic E-state index is 12.1. The lowest BCUT2D eigenvalue weighted by molar-refractivity contribution is 0.192. The van der Waals surface area contributed by atoms with E-state index >= 15 is 0 Å². The number of ether oxygens (including phenoxy) is 1. The molecule has 0 N–H and O–H groups in total. The Hall–Kier alpha value is -1.90. The van der Waals surface area contributed by atoms with Crippen LogP contribution in [0.5, 0.6) is 0 Å². The second-order valence-electron chi connectivity index (χ2n) is 5.75. The smallest absolute Gasteiger partial charge is 0.206 e. The number of hydrogen-bond acceptors (Lipinski definition) is 8. The fraction of sp³-hybridized carbons (Fsp3) is 0.333. The van der Waals surface area contributed by atoms with Gasteiger partial charge in [0.2, 0.25) is 5.94 Å². The van der Waals surface area contributed by atoms with Crippen molar-refractivity contribution in [3.05, 3.63) is 35.2 Å². The molecule has 3 aromatic rings. The van der Waals surface area contributed by atoms with Gasteiger partial charge in [-0.2, -0.15) is 5.26 Å². The minimum Gasteiger partial charge on any atom is -0.614 e. The summed E-state index contributed by atoms with van der Waals surface area (Å²) >= 11 is 1.61. The second kappa shape index (κ2) is 9.54. The van der Waals surface area contributed by atoms with Crippen LogP contribution in [0, 0.1) is 18.3 Å². The summed E-state index contributed by atoms with van der Waals surface area (Å²) < 4.78 is 19.3. The molecule has 0 aliphatic carbocycles. The Bertz CT molecular complexity index is 982. The molecule has 10 heteroatoms. The Morgan fingerprint density at radius 1 is 1.43 bits per heavy atom. The largest absolute Gasteiger partial charge is 0.614 e. The van der Waals surface area contributed by atoms with E-state index in [1.165, 1.54) is 23.1 Å². The third-order valence-electron chi connectivity index (χ3n) is 3.99. The molecule has 0 aliphatic rings. The van der Waals surface area contributed by atoms with Crippen molar-refractivity contribution < 1.29 is 9.29 Å². The number of imidazole rings is 1. The van der Waals surface area contributed by atoms with Crippen LogP contribution in [0.2, 0.25) is 0 Å². The minimum atomic E-state index is -1.16. The van der Waals surface area contributed by atoms with Crippen molar-refractivity contribution >= 4 is 34.3 Å². The first kappa shape index (κ1) is 20.8. The van der Waals surface area contributed by atoms with Crippen molar-refractivity contribution in [2.45, 2.75) is 18.9 Å². The summed E-state index contributed by atoms with van der Waals surface area (Å²) in [4.78, 5) is 13.3. The zero-order valence-corrected chi connectivity index (χ0v) is 18.2. The van der Waals surface area contributed by atoms with Gasteiger partial charge in [0.1, 0.15) is 27.6 Å². The van der Waals surface area contributed by atoms with E-state index in [1.807, 2.05) is 36.9 Å². The number of aryl methyl sites for hydroxylation is 1. The monoisotopic (exact) mass is 433 g/mol. The van der Waals surface area contributed by atoms with Crippen LogP contribution in [0.3, 0.4) is 0 Å². The number of rotatable bonds is 8. The molecule has 3 heterocycles. The topological polar surface area (TPSA) is 99.7 Å². The van der Waals surface area contributed by atoms with E-state index in [1.54, 1.807) is 12.4 Å². The average molecular weight is 434 g/mol. The van der Waals surface area contributed by atoms with Crippen LogP contribution in [0.4, 0.5) is 0 Å². The van der Waals surface area contributed by atoms with Crippen LogP contribution in [0.25, 0.3) is 22.0 Å². The molecule has 0 saturated heterocycles. The molecule has 0 fully saturated rings. The summed E-state index contributed by atoms with van der Waals surface area (Å²) in [6, 6.07) is 4.14. The highest BCUT2D eigenvalue weighted by Gasteiger charge is 2.20. The van der Waals surface area contributed by atoms with E-state index in [-0.39, 0.29) is 5.94 Å². The maximum absolute atomic E-state index is 12.1. The Balaban J connectivity index is 2.05. The van der Waals surface area contributed by atoms with Gasteiger partial charge in [-0.25, -0.2) is 15.0 Å². The third-order valence-corrected chi connectivity index (χ3v) is 7.31. The van der Waals surface area contributed by atoms with E-state index in [4.69, 9.17) is 4.74 Å². The fourth-order valence-corrected chi connectivity index (χ4v) is 5.14. The number of thioether (sulfide) groups is 1. The molecule has 0 aromatic carbocycles. The molecule has 0 amide bonds. The number of hydrogen-bond donors (Lipinski definition) is 0. The number of nitrogens with zero attached hydrogens (tertiary/aromatic N) is 5. The number of pyridine rings is 1. The summed E-state index contributed by atoms with van der Waals surface area (Å²) in [5.41, 5.74) is 2.69. The Morgan fingerprint density at radius 3 is 2.86 bits per heavy atom. The fourth-order valence-electron chi connectivity index (χ4n) is 2.48. The highest BCUT2D eigenvalue weighted by atomic mass is 32.3. The molecule has 28 heavy (non-hydrogen) atoms. The molecule has 1 unspecified atom stereocenters. The summed E-state index contributed by atoms with van der Waals surface area (Å²) in [5.74, 6) is 1.02. The first-order valence-corrected chi connectivity index (χ1v) is 11.8. The highest BCUT2D eigenvalue weighted by molar-refractivity contribution is 8.12. The van der Waals surface area contributed by atoms with E-state index in [0.29, 0.717) is 28.0 Å². The van der Waals surface area contributed by atoms with Gasteiger partial charge in [0.05, 0.1) is 17.5 Å². The number of thiazole rings is 1. The van der Waals surface area contributed by atoms with Gasteiger partial charge in [0.15, 0.2) is 5.08 Å². The predicted octanol–water partition coefficient (Wildman–Crippen LogP) is 3.58. The molecule has 0 bridgehead atoms. The van der Waals surface area contributed by atoms with Crippen LogP contribution >= 0.6 is 23.1 Å². The zero-order valence-electron chi connectivity index (χ0n) is 15.7. The molecular weight excluding hydrogens is 414 g/mol. The molecule has 146 valence electrons. The van der Waals surface area contributed by atoms with Crippen molar-refractivity contribution in [1.29, 1.82) is 5.26 Å². The van der Waals surface area contributed by atoms with Crippen molar-refractivity contribution in [3.63, 3.8) is 0 Å². The summed E-state index contributed by atoms with van der Waals surface area (Å²) in [6.45, 7) is 4.28. The summed E-state index contributed by atoms with van der Waals surface area (Å²) in [6.07, 6.45) is 3.47. The standard InChI is InChI=1S/C18H19N5O2S3/c1-4-25-10-28(24)11-27-17-14(8-19)13(16-9-21-12(2)23(16)3)7-15(22-17)18-20-5-6-26-18/h5-7,9H,4,10-11H2,1-3H3. The molecule has 3 rings (SSSR count). The van der Waals surface area contributed by atoms with E-state index in [9.17, 15) is 9.81 Å². The molecule has 1 atom stereocenters. The molecular formula is C18H19N5O2S3. The van der Waals surface area contributed by atoms with E-state index in [0.717, 1.165) is 22.1 Å². The summed E-state index contributed by atoms with van der Waals surface area (Å²) in [7, 11) is 1.91. The van der Waals surface area contributed by atoms with Crippen LogP contribution in [0.1, 0.15) is 18.3 Å². The predicted molar refractivity (Wildman–Crippen MR) is 112 cm³/mol. The molecule has 0 spiro atoms. The molecule has 3 aromatic heterocycles. The normalized spacial score (nSPS) is 12.1. The van der Waals surface area contributed by atoms with Gasteiger partial charge >= 0.3 is 0 Å². The van der Waals surface area contributed by atoms with Gasteiger partial charge in [-0.3, -0.25) is 0 Å². The van der Waals surface area contributed by atoms with Crippen molar-refractivity contribution in [2.75, 3.05) is 17.6 Å². The van der Waals surface area contributed by atoms with Crippen LogP contribution in [-0.2, 0) is 23.0 Å². The van der Waals surface area contributed by atoms with Crippen molar-refractivity contribution in [1.82, 2.24) is 19.5 Å². The van der Waals surface area contributed by atoms with E-state index < -0.39 is 11.2 Å². The lowest BCUT2D eigenvalue weighted by atomic mass is 10.1. The molecule has 0 saturated carbocycles. The van der Waals surface area contributed by atoms with E-state index in [2.05, 4.69) is 21.0 Å². The minimum absolute atomic E-state index is 0.172. The van der Waals surface area contributed by atoms with Crippen LogP contribution < -0.4 is 0 Å². The highest BCUT2D eigenvalue weighted by Crippen LogP contribution is 2.35. The van der Waals surface area contributed by atoms with Crippen molar-refractivity contribution in [2.24, 2.45) is 7.05 Å². The Morgan fingerprint density at radius 2 is 2.25 bits per heavy atom. The Labute approximate surface area is 175 Å². The lowest BCUT2D eigenvalue weighted by Crippen LogP contribution is -2.12. The third kappa shape index (κ3) is 4.56. The van der Waals surface area contributed by atoms with Gasteiger partial charge in [-0.05, 0) is 31.1 Å². The molecule has 0 aliphatic heterocycles. The van der Waals surface area contributed by atoms with Crippen molar-refractivity contribution in [3.8, 4) is 28.0 Å². The van der Waals surface area contributed by atoms with Gasteiger partial charge < -0.3 is 13.9 Å². The molecule has 7 nitrogen and oxygen atoms in total. The van der Waals surface area contributed by atoms with Gasteiger partial charge in [0.25, 0.3) is 0 Å². The van der Waals surface area contributed by atoms with Gasteiger partial charge in [-0.15, -0.1) is 11.3 Å². The quantitative estimate of drug-likeness (QED) is 0.395.